The molecule has 1 unspecified atom stereocenters. The van der Waals surface area contributed by atoms with Crippen LogP contribution in [0.25, 0.3) is 0 Å². The van der Waals surface area contributed by atoms with Crippen LogP contribution in [0.5, 0.6) is 0 Å². The van der Waals surface area contributed by atoms with Gasteiger partial charge in [0.2, 0.25) is 0 Å². The fourth-order valence-electron chi connectivity index (χ4n) is 2.14. The Morgan fingerprint density at radius 2 is 1.96 bits per heavy atom. The molecule has 0 radical (unpaired) electrons. The molecule has 1 aromatic rings. The predicted octanol–water partition coefficient (Wildman–Crippen LogP) is 2.49. The number of halogens is 1. The van der Waals surface area contributed by atoms with Gasteiger partial charge in [0, 0.05) is 34.8 Å². The molecular weight excluding hydrogens is 417 g/mol. The third-order valence-corrected chi connectivity index (χ3v) is 3.62. The summed E-state index contributed by atoms with van der Waals surface area (Å²) in [6.45, 7) is 7.81. The Balaban J connectivity index is 0.00000529. The smallest absolute Gasteiger partial charge is 0.191 e. The fourth-order valence-corrected chi connectivity index (χ4v) is 2.14. The second-order valence-electron chi connectivity index (χ2n) is 6.78. The summed E-state index contributed by atoms with van der Waals surface area (Å²) in [7, 11) is 7.47. The first kappa shape index (κ1) is 22.9. The molecule has 1 atom stereocenters. The number of aliphatic imine (C=N–C) groups is 1. The van der Waals surface area contributed by atoms with E-state index in [1.807, 2.05) is 37.2 Å². The van der Waals surface area contributed by atoms with Crippen LogP contribution in [-0.2, 0) is 11.3 Å². The number of rotatable bonds is 6. The van der Waals surface area contributed by atoms with Crippen LogP contribution in [-0.4, -0.2) is 51.8 Å². The maximum atomic E-state index is 5.55. The minimum absolute atomic E-state index is 0. The summed E-state index contributed by atoms with van der Waals surface area (Å²) in [6, 6.07) is 6.00. The number of hydrogen-bond donors (Lipinski definition) is 2. The quantitative estimate of drug-likeness (QED) is 0.397. The molecule has 24 heavy (non-hydrogen) atoms. The van der Waals surface area contributed by atoms with Crippen molar-refractivity contribution in [2.75, 3.05) is 39.7 Å². The standard InChI is InChI=1S/C17H31N5O.HI/c1-17(2,3)14(23-7)12-20-16(18-4)19-11-13-9-8-10-15(21-13)22(5)6;/h8-10,14H,11-12H2,1-7H3,(H2,18,19,20);1H. The third kappa shape index (κ3) is 7.65. The largest absolute Gasteiger partial charge is 0.379 e. The summed E-state index contributed by atoms with van der Waals surface area (Å²) < 4.78 is 5.55. The normalized spacial score (nSPS) is 13.0. The summed E-state index contributed by atoms with van der Waals surface area (Å²) in [4.78, 5) is 10.8. The maximum absolute atomic E-state index is 5.55. The Morgan fingerprint density at radius 3 is 2.46 bits per heavy atom. The van der Waals surface area contributed by atoms with Crippen molar-refractivity contribution in [2.45, 2.75) is 33.4 Å². The van der Waals surface area contributed by atoms with Crippen molar-refractivity contribution < 1.29 is 4.74 Å². The van der Waals surface area contributed by atoms with Crippen molar-refractivity contribution in [3.63, 3.8) is 0 Å². The van der Waals surface area contributed by atoms with E-state index in [2.05, 4.69) is 41.4 Å². The van der Waals surface area contributed by atoms with E-state index < -0.39 is 0 Å². The molecule has 7 heteroatoms. The van der Waals surface area contributed by atoms with Gasteiger partial charge in [-0.15, -0.1) is 24.0 Å². The van der Waals surface area contributed by atoms with E-state index in [0.717, 1.165) is 17.5 Å². The van der Waals surface area contributed by atoms with Crippen LogP contribution in [0.4, 0.5) is 5.82 Å². The van der Waals surface area contributed by atoms with E-state index in [4.69, 9.17) is 4.74 Å². The maximum Gasteiger partial charge on any atom is 0.191 e. The lowest BCUT2D eigenvalue weighted by molar-refractivity contribution is 0.0205. The van der Waals surface area contributed by atoms with Crippen LogP contribution in [0.1, 0.15) is 26.5 Å². The van der Waals surface area contributed by atoms with Gasteiger partial charge in [0.15, 0.2) is 5.96 Å². The predicted molar refractivity (Wildman–Crippen MR) is 112 cm³/mol. The van der Waals surface area contributed by atoms with Gasteiger partial charge in [-0.1, -0.05) is 26.8 Å². The van der Waals surface area contributed by atoms with E-state index in [0.29, 0.717) is 13.1 Å². The fraction of sp³-hybridized carbons (Fsp3) is 0.647. The van der Waals surface area contributed by atoms with Gasteiger partial charge in [-0.05, 0) is 17.5 Å². The van der Waals surface area contributed by atoms with Crippen LogP contribution >= 0.6 is 24.0 Å². The number of nitrogens with zero attached hydrogens (tertiary/aromatic N) is 3. The molecule has 2 N–H and O–H groups in total. The van der Waals surface area contributed by atoms with Gasteiger partial charge >= 0.3 is 0 Å². The Bertz CT molecular complexity index is 514. The number of methoxy groups -OCH3 is 1. The SMILES string of the molecule is CN=C(NCc1cccc(N(C)C)n1)NCC(OC)C(C)(C)C.I. The molecule has 0 aliphatic rings. The molecule has 1 rings (SSSR count). The number of anilines is 1. The lowest BCUT2D eigenvalue weighted by Gasteiger charge is -2.30. The molecule has 0 aliphatic carbocycles. The molecule has 1 aromatic heterocycles. The second kappa shape index (κ2) is 10.7. The summed E-state index contributed by atoms with van der Waals surface area (Å²) in [6.07, 6.45) is 0.108. The summed E-state index contributed by atoms with van der Waals surface area (Å²) in [5, 5.41) is 6.60. The zero-order valence-electron chi connectivity index (χ0n) is 15.9. The zero-order valence-corrected chi connectivity index (χ0v) is 18.2. The summed E-state index contributed by atoms with van der Waals surface area (Å²) in [5.74, 6) is 1.69. The van der Waals surface area contributed by atoms with Crippen LogP contribution in [0.2, 0.25) is 0 Å². The third-order valence-electron chi connectivity index (χ3n) is 3.62. The number of guanidine groups is 1. The first-order valence-electron chi connectivity index (χ1n) is 7.88. The van der Waals surface area contributed by atoms with Crippen molar-refractivity contribution >= 4 is 35.8 Å². The number of pyridine rings is 1. The van der Waals surface area contributed by atoms with Gasteiger partial charge in [0.05, 0.1) is 18.3 Å². The van der Waals surface area contributed by atoms with Crippen LogP contribution in [0, 0.1) is 5.41 Å². The summed E-state index contributed by atoms with van der Waals surface area (Å²) >= 11 is 0. The summed E-state index contributed by atoms with van der Waals surface area (Å²) in [5.41, 5.74) is 1.04. The van der Waals surface area contributed by atoms with Gasteiger partial charge in [-0.25, -0.2) is 4.98 Å². The minimum Gasteiger partial charge on any atom is -0.379 e. The molecule has 0 aromatic carbocycles. The molecule has 6 nitrogen and oxygen atoms in total. The van der Waals surface area contributed by atoms with E-state index in [1.165, 1.54) is 0 Å². The molecular formula is C17H32IN5O. The van der Waals surface area contributed by atoms with E-state index in [1.54, 1.807) is 14.2 Å². The number of ether oxygens (including phenoxy) is 1. The van der Waals surface area contributed by atoms with Crippen molar-refractivity contribution in [1.29, 1.82) is 0 Å². The Hall–Kier alpha value is -1.09. The van der Waals surface area contributed by atoms with Gasteiger partial charge in [-0.3, -0.25) is 4.99 Å². The average molecular weight is 449 g/mol. The molecule has 0 saturated heterocycles. The number of aromatic nitrogens is 1. The number of hydrogen-bond acceptors (Lipinski definition) is 4. The molecule has 0 fully saturated rings. The van der Waals surface area contributed by atoms with E-state index >= 15 is 0 Å². The topological polar surface area (TPSA) is 61.8 Å². The molecule has 0 saturated carbocycles. The van der Waals surface area contributed by atoms with E-state index in [9.17, 15) is 0 Å². The van der Waals surface area contributed by atoms with Crippen LogP contribution in [0.3, 0.4) is 0 Å². The van der Waals surface area contributed by atoms with Crippen molar-refractivity contribution in [2.24, 2.45) is 10.4 Å². The van der Waals surface area contributed by atoms with Gasteiger partial charge in [0.1, 0.15) is 5.82 Å². The van der Waals surface area contributed by atoms with Gasteiger partial charge in [0.25, 0.3) is 0 Å². The second-order valence-corrected chi connectivity index (χ2v) is 6.78. The highest BCUT2D eigenvalue weighted by atomic mass is 127. The average Bonchev–Trinajstić information content (AvgIpc) is 2.49. The molecule has 0 aliphatic heterocycles. The molecule has 0 bridgehead atoms. The highest BCUT2D eigenvalue weighted by molar-refractivity contribution is 14.0. The number of nitrogens with one attached hydrogen (secondary N) is 2. The lowest BCUT2D eigenvalue weighted by atomic mass is 9.89. The van der Waals surface area contributed by atoms with Gasteiger partial charge < -0.3 is 20.3 Å². The highest BCUT2D eigenvalue weighted by Crippen LogP contribution is 2.20. The monoisotopic (exact) mass is 449 g/mol. The Morgan fingerprint density at radius 1 is 1.29 bits per heavy atom. The van der Waals surface area contributed by atoms with Crippen LogP contribution < -0.4 is 15.5 Å². The molecule has 0 amide bonds. The highest BCUT2D eigenvalue weighted by Gasteiger charge is 2.24. The minimum atomic E-state index is 0. The lowest BCUT2D eigenvalue weighted by Crippen LogP contribution is -2.45. The Labute approximate surface area is 163 Å². The van der Waals surface area contributed by atoms with Crippen molar-refractivity contribution in [3.8, 4) is 0 Å². The first-order valence-corrected chi connectivity index (χ1v) is 7.88. The van der Waals surface area contributed by atoms with Crippen molar-refractivity contribution in [1.82, 2.24) is 15.6 Å². The Kier molecular flexibility index (Phi) is 10.2. The zero-order chi connectivity index (χ0) is 17.5. The van der Waals surface area contributed by atoms with E-state index in [-0.39, 0.29) is 35.5 Å². The molecule has 0 spiro atoms. The molecule has 1 heterocycles. The first-order chi connectivity index (χ1) is 10.8. The van der Waals surface area contributed by atoms with Gasteiger partial charge in [-0.2, -0.15) is 0 Å². The van der Waals surface area contributed by atoms with Crippen molar-refractivity contribution in [3.05, 3.63) is 23.9 Å². The van der Waals surface area contributed by atoms with Crippen LogP contribution in [0.15, 0.2) is 23.2 Å². The molecule has 138 valence electrons.